The van der Waals surface area contributed by atoms with Crippen LogP contribution < -0.4 is 10.6 Å². The summed E-state index contributed by atoms with van der Waals surface area (Å²) in [6.07, 6.45) is 2.51. The lowest BCUT2D eigenvalue weighted by Crippen LogP contribution is -2.53. The summed E-state index contributed by atoms with van der Waals surface area (Å²) in [5.74, 6) is -0.0590. The first-order valence-electron chi connectivity index (χ1n) is 7.95. The van der Waals surface area contributed by atoms with Crippen molar-refractivity contribution in [1.82, 2.24) is 10.6 Å². The van der Waals surface area contributed by atoms with Crippen molar-refractivity contribution in [1.29, 1.82) is 0 Å². The predicted octanol–water partition coefficient (Wildman–Crippen LogP) is 1.61. The maximum Gasteiger partial charge on any atom is 0.253 e. The second-order valence-corrected chi connectivity index (χ2v) is 6.16. The van der Waals surface area contributed by atoms with Crippen LogP contribution in [-0.4, -0.2) is 44.9 Å². The van der Waals surface area contributed by atoms with Gasteiger partial charge in [-0.1, -0.05) is 24.3 Å². The summed E-state index contributed by atoms with van der Waals surface area (Å²) in [6.45, 7) is 2.75. The number of amides is 1. The van der Waals surface area contributed by atoms with Gasteiger partial charge in [-0.15, -0.1) is 12.4 Å². The maximum absolute atomic E-state index is 12.6. The van der Waals surface area contributed by atoms with Gasteiger partial charge in [0.2, 0.25) is 0 Å². The number of hydrogen-bond acceptors (Lipinski definition) is 4. The number of ether oxygens (including phenoxy) is 2. The number of nitrogens with one attached hydrogen (secondary N) is 2. The van der Waals surface area contributed by atoms with Crippen molar-refractivity contribution >= 4 is 18.3 Å². The van der Waals surface area contributed by atoms with Crippen LogP contribution in [0, 0.1) is 0 Å². The molecule has 2 heterocycles. The SMILES string of the molecule is COCC1(CNC(=O)C2OCCc3ccccc32)CCCN1.Cl. The molecule has 1 aromatic carbocycles. The molecule has 0 bridgehead atoms. The fourth-order valence-corrected chi connectivity index (χ4v) is 3.43. The molecule has 128 valence electrons. The van der Waals surface area contributed by atoms with Crippen molar-refractivity contribution in [2.24, 2.45) is 0 Å². The van der Waals surface area contributed by atoms with E-state index in [0.717, 1.165) is 31.4 Å². The predicted molar refractivity (Wildman–Crippen MR) is 90.9 cm³/mol. The van der Waals surface area contributed by atoms with Gasteiger partial charge in [0.25, 0.3) is 5.91 Å². The third-order valence-electron chi connectivity index (χ3n) is 4.59. The van der Waals surface area contributed by atoms with Gasteiger partial charge in [-0.2, -0.15) is 0 Å². The van der Waals surface area contributed by atoms with Crippen LogP contribution in [-0.2, 0) is 20.7 Å². The number of benzene rings is 1. The van der Waals surface area contributed by atoms with Crippen LogP contribution >= 0.6 is 12.4 Å². The quantitative estimate of drug-likeness (QED) is 0.855. The van der Waals surface area contributed by atoms with E-state index in [2.05, 4.69) is 16.7 Å². The van der Waals surface area contributed by atoms with Gasteiger partial charge < -0.3 is 20.1 Å². The summed E-state index contributed by atoms with van der Waals surface area (Å²) < 4.78 is 11.0. The van der Waals surface area contributed by atoms with Crippen molar-refractivity contribution in [3.8, 4) is 0 Å². The minimum atomic E-state index is -0.494. The Labute approximate surface area is 143 Å². The van der Waals surface area contributed by atoms with Crippen molar-refractivity contribution in [3.63, 3.8) is 0 Å². The molecule has 1 amide bonds. The van der Waals surface area contributed by atoms with E-state index in [1.54, 1.807) is 7.11 Å². The number of hydrogen-bond donors (Lipinski definition) is 2. The van der Waals surface area contributed by atoms with Crippen molar-refractivity contribution in [3.05, 3.63) is 35.4 Å². The molecule has 2 unspecified atom stereocenters. The van der Waals surface area contributed by atoms with Gasteiger partial charge in [0.05, 0.1) is 18.8 Å². The summed E-state index contributed by atoms with van der Waals surface area (Å²) in [4.78, 5) is 12.6. The van der Waals surface area contributed by atoms with E-state index in [0.29, 0.717) is 19.8 Å². The minimum Gasteiger partial charge on any atom is -0.383 e. The fraction of sp³-hybridized carbons (Fsp3) is 0.588. The molecule has 0 saturated carbocycles. The lowest BCUT2D eigenvalue weighted by molar-refractivity contribution is -0.134. The highest BCUT2D eigenvalue weighted by molar-refractivity contribution is 5.85. The first-order valence-corrected chi connectivity index (χ1v) is 7.95. The Hall–Kier alpha value is -1.14. The first kappa shape index (κ1) is 18.2. The molecule has 2 aliphatic rings. The monoisotopic (exact) mass is 340 g/mol. The summed E-state index contributed by atoms with van der Waals surface area (Å²) in [5, 5.41) is 6.52. The Morgan fingerprint density at radius 3 is 3.04 bits per heavy atom. The molecule has 1 saturated heterocycles. The lowest BCUT2D eigenvalue weighted by atomic mass is 9.96. The van der Waals surface area contributed by atoms with E-state index < -0.39 is 6.10 Å². The summed E-state index contributed by atoms with van der Waals surface area (Å²) in [7, 11) is 1.70. The largest absolute Gasteiger partial charge is 0.383 e. The van der Waals surface area contributed by atoms with E-state index in [-0.39, 0.29) is 23.9 Å². The minimum absolute atomic E-state index is 0. The molecule has 2 aliphatic heterocycles. The Morgan fingerprint density at radius 2 is 2.30 bits per heavy atom. The summed E-state index contributed by atoms with van der Waals surface area (Å²) in [5.41, 5.74) is 2.06. The van der Waals surface area contributed by atoms with Crippen LogP contribution in [0.4, 0.5) is 0 Å². The molecule has 2 N–H and O–H groups in total. The molecule has 5 nitrogen and oxygen atoms in total. The molecule has 6 heteroatoms. The standard InChI is InChI=1S/C17H24N2O3.ClH/c1-21-12-17(8-4-9-19-17)11-18-16(20)15-14-6-3-2-5-13(14)7-10-22-15;/h2-3,5-6,15,19H,4,7-12H2,1H3,(H,18,20);1H. The van der Waals surface area contributed by atoms with E-state index in [1.807, 2.05) is 18.2 Å². The van der Waals surface area contributed by atoms with Gasteiger partial charge in [0.1, 0.15) is 0 Å². The number of halogens is 1. The molecular weight excluding hydrogens is 316 g/mol. The molecule has 23 heavy (non-hydrogen) atoms. The molecule has 0 aliphatic carbocycles. The topological polar surface area (TPSA) is 59.6 Å². The van der Waals surface area contributed by atoms with Gasteiger partial charge in [-0.3, -0.25) is 4.79 Å². The smallest absolute Gasteiger partial charge is 0.253 e. The van der Waals surface area contributed by atoms with E-state index in [9.17, 15) is 4.79 Å². The highest BCUT2D eigenvalue weighted by Gasteiger charge is 2.35. The Balaban J connectivity index is 0.00000192. The fourth-order valence-electron chi connectivity index (χ4n) is 3.43. The second-order valence-electron chi connectivity index (χ2n) is 6.16. The Bertz CT molecular complexity index is 532. The molecule has 3 rings (SSSR count). The van der Waals surface area contributed by atoms with Crippen molar-refractivity contribution < 1.29 is 14.3 Å². The zero-order valence-corrected chi connectivity index (χ0v) is 14.3. The highest BCUT2D eigenvalue weighted by Crippen LogP contribution is 2.27. The normalized spacial score (nSPS) is 26.2. The zero-order valence-electron chi connectivity index (χ0n) is 13.5. The number of fused-ring (bicyclic) bond motifs is 1. The Morgan fingerprint density at radius 1 is 1.48 bits per heavy atom. The van der Waals surface area contributed by atoms with Crippen LogP contribution in [0.3, 0.4) is 0 Å². The van der Waals surface area contributed by atoms with E-state index in [1.165, 1.54) is 5.56 Å². The molecule has 0 spiro atoms. The van der Waals surface area contributed by atoms with Crippen LogP contribution in [0.1, 0.15) is 30.1 Å². The average Bonchev–Trinajstić information content (AvgIpc) is 3.01. The van der Waals surface area contributed by atoms with Crippen LogP contribution in [0.2, 0.25) is 0 Å². The maximum atomic E-state index is 12.6. The molecular formula is C17H25ClN2O3. The van der Waals surface area contributed by atoms with Crippen LogP contribution in [0.25, 0.3) is 0 Å². The Kier molecular flexibility index (Phi) is 6.41. The number of carbonyl (C=O) groups excluding carboxylic acids is 1. The van der Waals surface area contributed by atoms with Crippen LogP contribution in [0.5, 0.6) is 0 Å². The molecule has 1 fully saturated rings. The first-order chi connectivity index (χ1) is 10.7. The highest BCUT2D eigenvalue weighted by atomic mass is 35.5. The van der Waals surface area contributed by atoms with Gasteiger partial charge in [-0.25, -0.2) is 0 Å². The molecule has 2 atom stereocenters. The zero-order chi connectivity index (χ0) is 15.4. The van der Waals surface area contributed by atoms with Gasteiger partial charge in [0, 0.05) is 13.7 Å². The van der Waals surface area contributed by atoms with Crippen LogP contribution in [0.15, 0.2) is 24.3 Å². The molecule has 1 aromatic rings. The number of rotatable bonds is 5. The van der Waals surface area contributed by atoms with Crippen molar-refractivity contribution in [2.45, 2.75) is 30.9 Å². The molecule has 0 aromatic heterocycles. The van der Waals surface area contributed by atoms with Crippen molar-refractivity contribution in [2.75, 3.05) is 33.4 Å². The van der Waals surface area contributed by atoms with E-state index >= 15 is 0 Å². The third-order valence-corrected chi connectivity index (χ3v) is 4.59. The summed E-state index contributed by atoms with van der Waals surface area (Å²) in [6, 6.07) is 8.02. The van der Waals surface area contributed by atoms with Gasteiger partial charge in [0.15, 0.2) is 6.10 Å². The van der Waals surface area contributed by atoms with Gasteiger partial charge in [-0.05, 0) is 36.9 Å². The number of methoxy groups -OCH3 is 1. The number of carbonyl (C=O) groups is 1. The molecule has 0 radical (unpaired) electrons. The van der Waals surface area contributed by atoms with Gasteiger partial charge >= 0.3 is 0 Å². The second kappa shape index (κ2) is 8.11. The lowest BCUT2D eigenvalue weighted by Gasteiger charge is -2.31. The summed E-state index contributed by atoms with van der Waals surface area (Å²) >= 11 is 0. The third kappa shape index (κ3) is 4.04. The average molecular weight is 341 g/mol. The van der Waals surface area contributed by atoms with E-state index in [4.69, 9.17) is 9.47 Å².